The van der Waals surface area contributed by atoms with Crippen molar-refractivity contribution in [3.8, 4) is 0 Å². The van der Waals surface area contributed by atoms with Gasteiger partial charge in [0, 0.05) is 5.02 Å². The molecule has 76 valence electrons. The largest absolute Gasteiger partial charge is 0.316 e. The van der Waals surface area contributed by atoms with Crippen molar-refractivity contribution in [2.45, 2.75) is 18.5 Å². The molecule has 0 radical (unpaired) electrons. The van der Waals surface area contributed by atoms with Crippen LogP contribution in [0.1, 0.15) is 18.4 Å². The van der Waals surface area contributed by atoms with E-state index in [-0.39, 0.29) is 0 Å². The normalized spacial score (nSPS) is 20.7. The second kappa shape index (κ2) is 3.87. The predicted molar refractivity (Wildman–Crippen MR) is 56.3 cm³/mol. The van der Waals surface area contributed by atoms with Crippen LogP contribution in [0.15, 0.2) is 24.3 Å². The summed E-state index contributed by atoms with van der Waals surface area (Å²) in [6.45, 7) is 1.50. The van der Waals surface area contributed by atoms with Crippen molar-refractivity contribution in [1.82, 2.24) is 5.32 Å². The molecule has 1 fully saturated rings. The summed E-state index contributed by atoms with van der Waals surface area (Å²) in [6.07, 6.45) is 1.10. The summed E-state index contributed by atoms with van der Waals surface area (Å²) in [7, 11) is 0. The van der Waals surface area contributed by atoms with E-state index in [1.807, 2.05) is 0 Å². The first kappa shape index (κ1) is 9.94. The zero-order valence-electron chi connectivity index (χ0n) is 7.89. The van der Waals surface area contributed by atoms with Crippen molar-refractivity contribution in [3.05, 3.63) is 34.9 Å². The molecular weight excluding hydrogens is 201 g/mol. The standard InChI is InChI=1S/C11H13ClFN/c12-10-3-1-9(2-4-10)11(13)5-7-14-8-6-11/h1-4,14H,5-8H2. The van der Waals surface area contributed by atoms with E-state index in [9.17, 15) is 4.39 Å². The summed E-state index contributed by atoms with van der Waals surface area (Å²) in [4.78, 5) is 0. The highest BCUT2D eigenvalue weighted by Crippen LogP contribution is 2.35. The zero-order valence-corrected chi connectivity index (χ0v) is 8.65. The summed E-state index contributed by atoms with van der Waals surface area (Å²) >= 11 is 5.76. The lowest BCUT2D eigenvalue weighted by atomic mass is 9.87. The van der Waals surface area contributed by atoms with Gasteiger partial charge in [0.1, 0.15) is 5.67 Å². The van der Waals surface area contributed by atoms with Crippen molar-refractivity contribution in [2.24, 2.45) is 0 Å². The fourth-order valence-corrected chi connectivity index (χ4v) is 1.99. The number of nitrogens with one attached hydrogen (secondary N) is 1. The third kappa shape index (κ3) is 1.91. The Labute approximate surface area is 88.3 Å². The van der Waals surface area contributed by atoms with Crippen LogP contribution in [0.5, 0.6) is 0 Å². The lowest BCUT2D eigenvalue weighted by Crippen LogP contribution is -2.36. The molecule has 1 N–H and O–H groups in total. The van der Waals surface area contributed by atoms with Crippen molar-refractivity contribution < 1.29 is 4.39 Å². The second-order valence-electron chi connectivity index (χ2n) is 3.72. The van der Waals surface area contributed by atoms with Crippen LogP contribution in [-0.4, -0.2) is 13.1 Å². The molecule has 0 spiro atoms. The molecule has 1 aromatic carbocycles. The van der Waals surface area contributed by atoms with Gasteiger partial charge in [-0.1, -0.05) is 23.7 Å². The molecule has 1 aliphatic heterocycles. The number of halogens is 2. The smallest absolute Gasteiger partial charge is 0.138 e. The molecule has 1 heterocycles. The Hall–Kier alpha value is -0.600. The quantitative estimate of drug-likeness (QED) is 0.757. The summed E-state index contributed by atoms with van der Waals surface area (Å²) in [5, 5.41) is 3.81. The van der Waals surface area contributed by atoms with Crippen LogP contribution < -0.4 is 5.32 Å². The average Bonchev–Trinajstić information content (AvgIpc) is 2.19. The Morgan fingerprint density at radius 3 is 2.29 bits per heavy atom. The van der Waals surface area contributed by atoms with Crippen LogP contribution in [0.2, 0.25) is 5.02 Å². The molecule has 0 saturated carbocycles. The van der Waals surface area contributed by atoms with Gasteiger partial charge < -0.3 is 5.32 Å². The molecule has 2 rings (SSSR count). The third-order valence-corrected chi connectivity index (χ3v) is 3.01. The maximum Gasteiger partial charge on any atom is 0.138 e. The van der Waals surface area contributed by atoms with E-state index in [1.54, 1.807) is 24.3 Å². The molecule has 0 atom stereocenters. The number of alkyl halides is 1. The van der Waals surface area contributed by atoms with E-state index in [0.29, 0.717) is 17.9 Å². The number of piperidine rings is 1. The first-order valence-corrected chi connectivity index (χ1v) is 5.24. The van der Waals surface area contributed by atoms with Gasteiger partial charge in [-0.3, -0.25) is 0 Å². The monoisotopic (exact) mass is 213 g/mol. The minimum absolute atomic E-state index is 0.550. The first-order valence-electron chi connectivity index (χ1n) is 4.86. The third-order valence-electron chi connectivity index (χ3n) is 2.76. The zero-order chi connectivity index (χ0) is 10.0. The van der Waals surface area contributed by atoms with Crippen LogP contribution in [0, 0.1) is 0 Å². The van der Waals surface area contributed by atoms with Gasteiger partial charge in [0.2, 0.25) is 0 Å². The van der Waals surface area contributed by atoms with Gasteiger partial charge in [-0.2, -0.15) is 0 Å². The average molecular weight is 214 g/mol. The molecular formula is C11H13ClFN. The minimum atomic E-state index is -1.16. The van der Waals surface area contributed by atoms with E-state index in [1.165, 1.54) is 0 Å². The van der Waals surface area contributed by atoms with E-state index in [2.05, 4.69) is 5.32 Å². The molecule has 0 unspecified atom stereocenters. The number of rotatable bonds is 1. The van der Waals surface area contributed by atoms with E-state index >= 15 is 0 Å². The van der Waals surface area contributed by atoms with Crippen LogP contribution >= 0.6 is 11.6 Å². The fraction of sp³-hybridized carbons (Fsp3) is 0.455. The highest BCUT2D eigenvalue weighted by atomic mass is 35.5. The summed E-state index contributed by atoms with van der Waals surface area (Å²) in [5.74, 6) is 0. The Morgan fingerprint density at radius 1 is 1.14 bits per heavy atom. The van der Waals surface area contributed by atoms with Gasteiger partial charge in [0.25, 0.3) is 0 Å². The molecule has 14 heavy (non-hydrogen) atoms. The van der Waals surface area contributed by atoms with Crippen molar-refractivity contribution in [3.63, 3.8) is 0 Å². The Kier molecular flexibility index (Phi) is 2.75. The highest BCUT2D eigenvalue weighted by molar-refractivity contribution is 6.30. The molecule has 0 bridgehead atoms. The molecule has 0 amide bonds. The lowest BCUT2D eigenvalue weighted by molar-refractivity contribution is 0.115. The van der Waals surface area contributed by atoms with Crippen LogP contribution in [0.4, 0.5) is 4.39 Å². The van der Waals surface area contributed by atoms with Crippen molar-refractivity contribution in [2.75, 3.05) is 13.1 Å². The van der Waals surface area contributed by atoms with Crippen LogP contribution in [0.25, 0.3) is 0 Å². The van der Waals surface area contributed by atoms with Crippen LogP contribution in [0.3, 0.4) is 0 Å². The molecule has 1 nitrogen and oxygen atoms in total. The molecule has 1 saturated heterocycles. The number of benzene rings is 1. The number of hydrogen-bond acceptors (Lipinski definition) is 1. The van der Waals surface area contributed by atoms with E-state index in [0.717, 1.165) is 18.7 Å². The van der Waals surface area contributed by atoms with Gasteiger partial charge in [-0.25, -0.2) is 4.39 Å². The molecule has 1 aliphatic rings. The van der Waals surface area contributed by atoms with Gasteiger partial charge in [-0.05, 0) is 43.6 Å². The van der Waals surface area contributed by atoms with Gasteiger partial charge in [0.05, 0.1) is 0 Å². The Morgan fingerprint density at radius 2 is 1.71 bits per heavy atom. The van der Waals surface area contributed by atoms with Gasteiger partial charge in [0.15, 0.2) is 0 Å². The number of hydrogen-bond donors (Lipinski definition) is 1. The maximum absolute atomic E-state index is 14.4. The molecule has 3 heteroatoms. The van der Waals surface area contributed by atoms with Crippen molar-refractivity contribution >= 4 is 11.6 Å². The van der Waals surface area contributed by atoms with Crippen molar-refractivity contribution in [1.29, 1.82) is 0 Å². The SMILES string of the molecule is FC1(c2ccc(Cl)cc2)CCNCC1. The fourth-order valence-electron chi connectivity index (χ4n) is 1.86. The van der Waals surface area contributed by atoms with Gasteiger partial charge >= 0.3 is 0 Å². The maximum atomic E-state index is 14.4. The molecule has 0 aliphatic carbocycles. The van der Waals surface area contributed by atoms with Gasteiger partial charge in [-0.15, -0.1) is 0 Å². The molecule has 1 aromatic rings. The van der Waals surface area contributed by atoms with E-state index in [4.69, 9.17) is 11.6 Å². The lowest BCUT2D eigenvalue weighted by Gasteiger charge is -2.30. The topological polar surface area (TPSA) is 12.0 Å². The Bertz CT molecular complexity index is 304. The summed E-state index contributed by atoms with van der Waals surface area (Å²) in [5.41, 5.74) is -0.404. The first-order chi connectivity index (χ1) is 6.71. The minimum Gasteiger partial charge on any atom is -0.316 e. The second-order valence-corrected chi connectivity index (χ2v) is 4.16. The van der Waals surface area contributed by atoms with Crippen LogP contribution in [-0.2, 0) is 5.67 Å². The summed E-state index contributed by atoms with van der Waals surface area (Å²) in [6, 6.07) is 7.07. The highest BCUT2D eigenvalue weighted by Gasteiger charge is 2.33. The molecule has 0 aromatic heterocycles. The summed E-state index contributed by atoms with van der Waals surface area (Å²) < 4.78 is 14.4. The van der Waals surface area contributed by atoms with E-state index < -0.39 is 5.67 Å². The Balaban J connectivity index is 2.23. The predicted octanol–water partition coefficient (Wildman–Crippen LogP) is 2.89.